The van der Waals surface area contributed by atoms with E-state index in [-0.39, 0.29) is 0 Å². The van der Waals surface area contributed by atoms with Crippen molar-refractivity contribution in [1.82, 2.24) is 24.9 Å². The van der Waals surface area contributed by atoms with Gasteiger partial charge in [-0.25, -0.2) is 9.98 Å². The van der Waals surface area contributed by atoms with Crippen LogP contribution in [0.1, 0.15) is 19.0 Å². The van der Waals surface area contributed by atoms with Gasteiger partial charge in [0.05, 0.1) is 25.5 Å². The standard InChI is InChI=1S/C18H27BrN6O/c1-2-20-18(21-6-3-7-24-8-10-26-11-9-24)22-12-16-14-25-13-15(19)4-5-17(25)23-16/h4-5,13-14H,2-3,6-12H2,1H3,(H2,20,21,22). The van der Waals surface area contributed by atoms with Crippen molar-refractivity contribution < 1.29 is 4.74 Å². The van der Waals surface area contributed by atoms with Crippen LogP contribution >= 0.6 is 15.9 Å². The Bertz CT molecular complexity index is 726. The number of nitrogens with zero attached hydrogens (tertiary/aromatic N) is 4. The third-order valence-electron chi connectivity index (χ3n) is 4.26. The second-order valence-electron chi connectivity index (χ2n) is 6.27. The highest BCUT2D eigenvalue weighted by Gasteiger charge is 2.09. The first-order chi connectivity index (χ1) is 12.7. The topological polar surface area (TPSA) is 66.2 Å². The summed E-state index contributed by atoms with van der Waals surface area (Å²) in [6.07, 6.45) is 5.11. The molecule has 0 aromatic carbocycles. The molecule has 0 bridgehead atoms. The van der Waals surface area contributed by atoms with Crippen LogP contribution < -0.4 is 10.6 Å². The summed E-state index contributed by atoms with van der Waals surface area (Å²) in [6.45, 7) is 9.26. The van der Waals surface area contributed by atoms with Gasteiger partial charge in [0.25, 0.3) is 0 Å². The maximum absolute atomic E-state index is 5.38. The van der Waals surface area contributed by atoms with Crippen LogP contribution in [0, 0.1) is 0 Å². The first-order valence-corrected chi connectivity index (χ1v) is 9.99. The predicted octanol–water partition coefficient (Wildman–Crippen LogP) is 1.87. The maximum atomic E-state index is 5.38. The number of guanidine groups is 1. The van der Waals surface area contributed by atoms with E-state index < -0.39 is 0 Å². The zero-order valence-corrected chi connectivity index (χ0v) is 16.8. The minimum atomic E-state index is 0.554. The summed E-state index contributed by atoms with van der Waals surface area (Å²) in [5.74, 6) is 0.840. The van der Waals surface area contributed by atoms with Crippen LogP contribution in [0.5, 0.6) is 0 Å². The highest BCUT2D eigenvalue weighted by Crippen LogP contribution is 2.12. The van der Waals surface area contributed by atoms with Gasteiger partial charge in [-0.1, -0.05) is 0 Å². The van der Waals surface area contributed by atoms with Crippen molar-refractivity contribution in [3.05, 3.63) is 34.7 Å². The molecule has 2 aromatic rings. The Kier molecular flexibility index (Phi) is 7.28. The zero-order valence-electron chi connectivity index (χ0n) is 15.2. The number of ether oxygens (including phenoxy) is 1. The van der Waals surface area contributed by atoms with E-state index in [2.05, 4.69) is 48.4 Å². The maximum Gasteiger partial charge on any atom is 0.191 e. The lowest BCUT2D eigenvalue weighted by Crippen LogP contribution is -2.40. The lowest BCUT2D eigenvalue weighted by molar-refractivity contribution is 0.0376. The largest absolute Gasteiger partial charge is 0.379 e. The van der Waals surface area contributed by atoms with Gasteiger partial charge in [0.2, 0.25) is 0 Å². The van der Waals surface area contributed by atoms with Gasteiger partial charge in [-0.2, -0.15) is 0 Å². The SMILES string of the molecule is CCNC(=NCc1cn2cc(Br)ccc2n1)NCCCN1CCOCC1. The molecule has 2 aromatic heterocycles. The average Bonchev–Trinajstić information content (AvgIpc) is 3.06. The zero-order chi connectivity index (χ0) is 18.2. The number of aromatic nitrogens is 2. The third kappa shape index (κ3) is 5.69. The summed E-state index contributed by atoms with van der Waals surface area (Å²) in [5.41, 5.74) is 1.88. The van der Waals surface area contributed by atoms with E-state index in [1.807, 2.05) is 28.9 Å². The molecular formula is C18H27BrN6O. The van der Waals surface area contributed by atoms with Crippen molar-refractivity contribution in [3.63, 3.8) is 0 Å². The number of pyridine rings is 1. The molecule has 0 atom stereocenters. The van der Waals surface area contributed by atoms with Crippen LogP contribution in [0.4, 0.5) is 0 Å². The van der Waals surface area contributed by atoms with Crippen molar-refractivity contribution in [2.75, 3.05) is 45.9 Å². The van der Waals surface area contributed by atoms with Gasteiger partial charge >= 0.3 is 0 Å². The Balaban J connectivity index is 1.49. The number of imidazole rings is 1. The minimum absolute atomic E-state index is 0.554. The number of hydrogen-bond acceptors (Lipinski definition) is 4. The van der Waals surface area contributed by atoms with Crippen LogP contribution in [-0.2, 0) is 11.3 Å². The van der Waals surface area contributed by atoms with E-state index in [1.165, 1.54) is 0 Å². The smallest absolute Gasteiger partial charge is 0.191 e. The molecule has 2 N–H and O–H groups in total. The third-order valence-corrected chi connectivity index (χ3v) is 4.72. The second kappa shape index (κ2) is 9.89. The van der Waals surface area contributed by atoms with E-state index >= 15 is 0 Å². The van der Waals surface area contributed by atoms with Crippen LogP contribution in [0.15, 0.2) is 34.0 Å². The first-order valence-electron chi connectivity index (χ1n) is 9.20. The van der Waals surface area contributed by atoms with Gasteiger partial charge in [0.1, 0.15) is 5.65 Å². The van der Waals surface area contributed by atoms with Crippen molar-refractivity contribution in [2.24, 2.45) is 4.99 Å². The van der Waals surface area contributed by atoms with Crippen molar-refractivity contribution >= 4 is 27.5 Å². The van der Waals surface area contributed by atoms with Gasteiger partial charge in [0.15, 0.2) is 5.96 Å². The monoisotopic (exact) mass is 422 g/mol. The summed E-state index contributed by atoms with van der Waals surface area (Å²) < 4.78 is 8.43. The van der Waals surface area contributed by atoms with Gasteiger partial charge in [-0.05, 0) is 48.0 Å². The highest BCUT2D eigenvalue weighted by atomic mass is 79.9. The minimum Gasteiger partial charge on any atom is -0.379 e. The number of halogens is 1. The van der Waals surface area contributed by atoms with E-state index in [0.29, 0.717) is 6.54 Å². The van der Waals surface area contributed by atoms with Crippen LogP contribution in [0.2, 0.25) is 0 Å². The van der Waals surface area contributed by atoms with Crippen molar-refractivity contribution in [3.8, 4) is 0 Å². The van der Waals surface area contributed by atoms with Gasteiger partial charge in [-0.15, -0.1) is 0 Å². The molecule has 26 heavy (non-hydrogen) atoms. The number of rotatable bonds is 7. The molecule has 1 saturated heterocycles. The average molecular weight is 423 g/mol. The number of fused-ring (bicyclic) bond motifs is 1. The Morgan fingerprint density at radius 2 is 2.12 bits per heavy atom. The highest BCUT2D eigenvalue weighted by molar-refractivity contribution is 9.10. The fourth-order valence-corrected chi connectivity index (χ4v) is 3.28. The Morgan fingerprint density at radius 1 is 1.27 bits per heavy atom. The number of hydrogen-bond donors (Lipinski definition) is 2. The Labute approximate surface area is 163 Å². The molecule has 0 aliphatic carbocycles. The lowest BCUT2D eigenvalue weighted by atomic mass is 10.3. The van der Waals surface area contributed by atoms with E-state index in [1.54, 1.807) is 0 Å². The molecule has 3 heterocycles. The van der Waals surface area contributed by atoms with E-state index in [4.69, 9.17) is 4.74 Å². The number of morpholine rings is 1. The molecule has 0 saturated carbocycles. The molecule has 3 rings (SSSR count). The Morgan fingerprint density at radius 3 is 2.92 bits per heavy atom. The molecule has 0 unspecified atom stereocenters. The summed E-state index contributed by atoms with van der Waals surface area (Å²) in [6, 6.07) is 3.99. The van der Waals surface area contributed by atoms with Crippen molar-refractivity contribution in [2.45, 2.75) is 19.9 Å². The molecule has 1 fully saturated rings. The number of aliphatic imine (C=N–C) groups is 1. The van der Waals surface area contributed by atoms with E-state index in [9.17, 15) is 0 Å². The molecule has 7 nitrogen and oxygen atoms in total. The molecule has 1 aliphatic heterocycles. The first kappa shape index (κ1) is 19.1. The molecular weight excluding hydrogens is 396 g/mol. The van der Waals surface area contributed by atoms with Gasteiger partial charge < -0.3 is 19.8 Å². The normalized spacial score (nSPS) is 16.2. The molecule has 142 valence electrons. The second-order valence-corrected chi connectivity index (χ2v) is 7.19. The van der Waals surface area contributed by atoms with Gasteiger partial charge in [-0.3, -0.25) is 4.90 Å². The molecule has 0 spiro atoms. The molecule has 8 heteroatoms. The fourth-order valence-electron chi connectivity index (χ4n) is 2.93. The van der Waals surface area contributed by atoms with E-state index in [0.717, 1.165) is 74.1 Å². The molecule has 0 radical (unpaired) electrons. The summed E-state index contributed by atoms with van der Waals surface area (Å²) in [4.78, 5) is 11.7. The molecule has 1 aliphatic rings. The van der Waals surface area contributed by atoms with Crippen molar-refractivity contribution in [1.29, 1.82) is 0 Å². The quantitative estimate of drug-likeness (QED) is 0.405. The van der Waals surface area contributed by atoms with Gasteiger partial charge in [0, 0.05) is 43.0 Å². The lowest BCUT2D eigenvalue weighted by Gasteiger charge is -2.26. The summed E-state index contributed by atoms with van der Waals surface area (Å²) in [5, 5.41) is 6.71. The summed E-state index contributed by atoms with van der Waals surface area (Å²) in [7, 11) is 0. The van der Waals surface area contributed by atoms with Crippen LogP contribution in [0.3, 0.4) is 0 Å². The predicted molar refractivity (Wildman–Crippen MR) is 108 cm³/mol. The fraction of sp³-hybridized carbons (Fsp3) is 0.556. The summed E-state index contributed by atoms with van der Waals surface area (Å²) >= 11 is 3.48. The molecule has 0 amide bonds. The van der Waals surface area contributed by atoms with Crippen LogP contribution in [-0.4, -0.2) is 66.2 Å². The van der Waals surface area contributed by atoms with Crippen LogP contribution in [0.25, 0.3) is 5.65 Å². The number of nitrogens with one attached hydrogen (secondary N) is 2. The Hall–Kier alpha value is -1.64.